The smallest absolute Gasteiger partial charge is 0.164 e. The predicted molar refractivity (Wildman–Crippen MR) is 228 cm³/mol. The minimum atomic E-state index is 0.125. The summed E-state index contributed by atoms with van der Waals surface area (Å²) in [6.07, 6.45) is 5.45. The predicted octanol–water partition coefficient (Wildman–Crippen LogP) is 12.8. The lowest BCUT2D eigenvalue weighted by Crippen LogP contribution is -2.12. The molecule has 0 aliphatic heterocycles. The third-order valence-electron chi connectivity index (χ3n) is 11.2. The fourth-order valence-corrected chi connectivity index (χ4v) is 8.63. The Kier molecular flexibility index (Phi) is 7.27. The molecule has 0 amide bonds. The van der Waals surface area contributed by atoms with Crippen LogP contribution in [0, 0.1) is 0 Å². The lowest BCUT2D eigenvalue weighted by atomic mass is 9.86. The van der Waals surface area contributed by atoms with E-state index in [9.17, 15) is 0 Å². The second kappa shape index (κ2) is 12.8. The van der Waals surface area contributed by atoms with E-state index >= 15 is 0 Å². The summed E-state index contributed by atoms with van der Waals surface area (Å²) in [5.74, 6) is 2.10. The quantitative estimate of drug-likeness (QED) is 0.162. The van der Waals surface area contributed by atoms with E-state index < -0.39 is 0 Å². The maximum Gasteiger partial charge on any atom is 0.164 e. The van der Waals surface area contributed by atoms with Crippen molar-refractivity contribution in [2.24, 2.45) is 0 Å². The highest BCUT2D eigenvalue weighted by Crippen LogP contribution is 2.47. The fraction of sp³-hybridized carbons (Fsp3) is 0.0392. The van der Waals surface area contributed by atoms with Crippen molar-refractivity contribution in [3.63, 3.8) is 0 Å². The molecule has 55 heavy (non-hydrogen) atoms. The fourth-order valence-electron chi connectivity index (χ4n) is 8.63. The summed E-state index contributed by atoms with van der Waals surface area (Å²) in [4.78, 5) is 15.4. The van der Waals surface area contributed by atoms with Crippen molar-refractivity contribution in [2.45, 2.75) is 12.3 Å². The average molecular weight is 703 g/mol. The number of rotatable bonds is 6. The summed E-state index contributed by atoms with van der Waals surface area (Å²) in [5.41, 5.74) is 10.1. The van der Waals surface area contributed by atoms with Gasteiger partial charge in [0.15, 0.2) is 17.5 Å². The topological polar surface area (TPSA) is 43.6 Å². The third kappa shape index (κ3) is 5.18. The normalized spacial score (nSPS) is 14.5. The summed E-state index contributed by atoms with van der Waals surface area (Å²) < 4.78 is 2.51. The zero-order valence-corrected chi connectivity index (χ0v) is 30.0. The number of hydrogen-bond acceptors (Lipinski definition) is 3. The molecule has 0 spiro atoms. The molecule has 1 unspecified atom stereocenters. The van der Waals surface area contributed by atoms with E-state index in [1.807, 2.05) is 24.3 Å². The van der Waals surface area contributed by atoms with Gasteiger partial charge in [0.1, 0.15) is 0 Å². The highest BCUT2D eigenvalue weighted by atomic mass is 15.0. The first-order chi connectivity index (χ1) is 27.3. The van der Waals surface area contributed by atoms with Gasteiger partial charge in [-0.15, -0.1) is 0 Å². The molecule has 8 aromatic carbocycles. The van der Waals surface area contributed by atoms with Crippen molar-refractivity contribution in [1.29, 1.82) is 0 Å². The van der Waals surface area contributed by atoms with Gasteiger partial charge in [0.2, 0.25) is 0 Å². The van der Waals surface area contributed by atoms with Crippen LogP contribution in [0.1, 0.15) is 23.7 Å². The van der Waals surface area contributed by atoms with Gasteiger partial charge in [0.25, 0.3) is 0 Å². The average Bonchev–Trinajstić information content (AvgIpc) is 3.62. The molecule has 4 heteroatoms. The Labute approximate surface area is 318 Å². The summed E-state index contributed by atoms with van der Waals surface area (Å²) in [5, 5.41) is 7.75. The maximum absolute atomic E-state index is 5.21. The van der Waals surface area contributed by atoms with Crippen molar-refractivity contribution >= 4 is 54.6 Å². The van der Waals surface area contributed by atoms with E-state index in [1.54, 1.807) is 0 Å². The van der Waals surface area contributed by atoms with Crippen LogP contribution in [0.5, 0.6) is 0 Å². The first-order valence-corrected chi connectivity index (χ1v) is 18.9. The number of aromatic nitrogens is 4. The molecule has 4 nitrogen and oxygen atoms in total. The van der Waals surface area contributed by atoms with Gasteiger partial charge in [-0.1, -0.05) is 170 Å². The third-order valence-corrected chi connectivity index (χ3v) is 11.2. The van der Waals surface area contributed by atoms with Gasteiger partial charge in [-0.25, -0.2) is 15.0 Å². The van der Waals surface area contributed by atoms with Crippen LogP contribution in [0.25, 0.3) is 88.5 Å². The number of fused-ring (bicyclic) bond motifs is 3. The van der Waals surface area contributed by atoms with Crippen molar-refractivity contribution in [2.75, 3.05) is 0 Å². The zero-order chi connectivity index (χ0) is 36.3. The van der Waals surface area contributed by atoms with E-state index in [-0.39, 0.29) is 5.92 Å². The molecule has 10 aromatic rings. The number of allylic oxidation sites excluding steroid dienone is 4. The second-order valence-corrected chi connectivity index (χ2v) is 14.3. The minimum Gasteiger partial charge on any atom is -0.312 e. The summed E-state index contributed by atoms with van der Waals surface area (Å²) in [7, 11) is 0. The second-order valence-electron chi connectivity index (χ2n) is 14.3. The van der Waals surface area contributed by atoms with Gasteiger partial charge in [-0.3, -0.25) is 0 Å². The van der Waals surface area contributed by atoms with Gasteiger partial charge >= 0.3 is 0 Å². The molecule has 1 atom stereocenters. The molecule has 2 heterocycles. The molecule has 0 saturated heterocycles. The van der Waals surface area contributed by atoms with Crippen LogP contribution in [-0.2, 0) is 0 Å². The van der Waals surface area contributed by atoms with Crippen LogP contribution in [-0.4, -0.2) is 19.5 Å². The van der Waals surface area contributed by atoms with Gasteiger partial charge in [0, 0.05) is 39.1 Å². The molecule has 11 rings (SSSR count). The Morgan fingerprint density at radius 3 is 1.45 bits per heavy atom. The molecule has 258 valence electrons. The lowest BCUT2D eigenvalue weighted by Gasteiger charge is -2.26. The van der Waals surface area contributed by atoms with E-state index in [4.69, 9.17) is 15.0 Å². The van der Waals surface area contributed by atoms with Crippen LogP contribution in [0.4, 0.5) is 0 Å². The van der Waals surface area contributed by atoms with Crippen LogP contribution < -0.4 is 0 Å². The first kappa shape index (κ1) is 31.4. The standard InChI is InChI=1S/C51H34N4/c1-4-14-33(15-5-1)34-26-28-37(29-27-34)50-52-49(36-18-8-3-9-19-36)53-51(54-50)38-30-31-39(35-16-6-2-7-17-35)46(32-38)55-44-24-12-22-42-40-20-10-11-21-41(40)43-23-13-25-45(55)48(43)47(42)44/h1-30,32,39H,31H2. The molecular weight excluding hydrogens is 669 g/mol. The summed E-state index contributed by atoms with van der Waals surface area (Å²) in [6, 6.07) is 62.4. The van der Waals surface area contributed by atoms with Gasteiger partial charge in [-0.2, -0.15) is 0 Å². The molecule has 0 N–H and O–H groups in total. The monoisotopic (exact) mass is 702 g/mol. The lowest BCUT2D eigenvalue weighted by molar-refractivity contribution is 0.831. The van der Waals surface area contributed by atoms with Crippen molar-refractivity contribution in [1.82, 2.24) is 19.5 Å². The van der Waals surface area contributed by atoms with Gasteiger partial charge in [0.05, 0.1) is 11.0 Å². The van der Waals surface area contributed by atoms with E-state index in [1.165, 1.54) is 60.2 Å². The molecule has 0 radical (unpaired) electrons. The molecule has 0 fully saturated rings. The number of benzene rings is 8. The molecule has 2 aromatic heterocycles. The zero-order valence-electron chi connectivity index (χ0n) is 30.0. The Hall–Kier alpha value is -7.17. The maximum atomic E-state index is 5.21. The number of nitrogens with zero attached hydrogens (tertiary/aromatic N) is 4. The molecule has 0 bridgehead atoms. The Bertz CT molecular complexity index is 3000. The largest absolute Gasteiger partial charge is 0.312 e. The first-order valence-electron chi connectivity index (χ1n) is 18.9. The van der Waals surface area contributed by atoms with Crippen LogP contribution in [0.15, 0.2) is 188 Å². The SMILES string of the molecule is C1=C(c2nc(-c3ccccc3)nc(-c3ccc(-c4ccccc4)cc3)n2)C=C(n2c3cccc4c5ccccc5c5cccc2c5c43)C(c2ccccc2)C1. The van der Waals surface area contributed by atoms with Crippen LogP contribution in [0.2, 0.25) is 0 Å². The van der Waals surface area contributed by atoms with Crippen LogP contribution in [0.3, 0.4) is 0 Å². The molecule has 1 aliphatic carbocycles. The molecule has 1 aliphatic rings. The minimum absolute atomic E-state index is 0.125. The van der Waals surface area contributed by atoms with Gasteiger partial charge < -0.3 is 4.57 Å². The molecule has 0 saturated carbocycles. The summed E-state index contributed by atoms with van der Waals surface area (Å²) in [6.45, 7) is 0. The Morgan fingerprint density at radius 2 is 0.855 bits per heavy atom. The highest BCUT2D eigenvalue weighted by Gasteiger charge is 2.28. The summed E-state index contributed by atoms with van der Waals surface area (Å²) >= 11 is 0. The number of hydrogen-bond donors (Lipinski definition) is 0. The van der Waals surface area contributed by atoms with Crippen LogP contribution >= 0.6 is 0 Å². The van der Waals surface area contributed by atoms with Crippen molar-refractivity contribution in [3.8, 4) is 33.9 Å². The Morgan fingerprint density at radius 1 is 0.400 bits per heavy atom. The van der Waals surface area contributed by atoms with Crippen molar-refractivity contribution < 1.29 is 0 Å². The Balaban J connectivity index is 1.13. The molecular formula is C51H34N4. The van der Waals surface area contributed by atoms with E-state index in [0.717, 1.165) is 28.7 Å². The van der Waals surface area contributed by atoms with Crippen molar-refractivity contribution in [3.05, 3.63) is 199 Å². The van der Waals surface area contributed by atoms with E-state index in [0.29, 0.717) is 17.5 Å². The van der Waals surface area contributed by atoms with Gasteiger partial charge in [-0.05, 0) is 62.9 Å². The van der Waals surface area contributed by atoms with E-state index in [2.05, 4.69) is 168 Å². The highest BCUT2D eigenvalue weighted by molar-refractivity contribution is 6.34.